The topological polar surface area (TPSA) is 88.1 Å². The molecule has 0 aliphatic carbocycles. The van der Waals surface area contributed by atoms with Gasteiger partial charge < -0.3 is 5.32 Å². The summed E-state index contributed by atoms with van der Waals surface area (Å²) in [6.45, 7) is -0.0690. The number of rotatable bonds is 7. The number of pyridine rings is 1. The molecule has 2 aromatic heterocycles. The zero-order chi connectivity index (χ0) is 27.9. The number of hydrogen-bond donors (Lipinski definition) is 1. The number of carbonyl (C=O) groups is 2. The molecule has 0 saturated heterocycles. The van der Waals surface area contributed by atoms with Crippen LogP contribution in [0.1, 0.15) is 31.8 Å². The van der Waals surface area contributed by atoms with E-state index in [1.54, 1.807) is 42.7 Å². The van der Waals surface area contributed by atoms with E-state index in [-0.39, 0.29) is 13.0 Å². The third-order valence-electron chi connectivity index (χ3n) is 6.66. The smallest absolute Gasteiger partial charge is 0.355 e. The summed E-state index contributed by atoms with van der Waals surface area (Å²) in [5, 5.41) is 14.8. The van der Waals surface area contributed by atoms with E-state index in [0.29, 0.717) is 26.8 Å². The number of aromatic nitrogens is 3. The summed E-state index contributed by atoms with van der Waals surface area (Å²) in [5.41, 5.74) is 1.08. The third kappa shape index (κ3) is 5.03. The number of carbonyl (C=O) groups excluding carboxylic acids is 2. The first-order valence-electron chi connectivity index (χ1n) is 12.3. The number of alkyl halides is 3. The summed E-state index contributed by atoms with van der Waals surface area (Å²) in [4.78, 5) is 31.3. The van der Waals surface area contributed by atoms with E-state index in [1.807, 2.05) is 24.3 Å². The predicted molar refractivity (Wildman–Crippen MR) is 145 cm³/mol. The molecule has 0 saturated carbocycles. The van der Waals surface area contributed by atoms with Crippen LogP contribution in [0.2, 0.25) is 0 Å². The standard InChI is InChI=1S/C29H20F3N5O2S/c30-29(31,32)21-5-3-4-17(12-21)13-22(16-37-26(38)23-6-1-2-7-24(23)27(37)39)34-28-36-35-25(40-28)19-8-9-20-15-33-11-10-18(20)14-19/h1-12,14-15,22H,13,16H2,(H,34,36)/t22-/m0/s1. The molecule has 200 valence electrons. The van der Waals surface area contributed by atoms with Crippen molar-refractivity contribution in [1.29, 1.82) is 0 Å². The highest BCUT2D eigenvalue weighted by atomic mass is 32.1. The largest absolute Gasteiger partial charge is 0.416 e. The Morgan fingerprint density at radius 1 is 0.875 bits per heavy atom. The zero-order valence-electron chi connectivity index (χ0n) is 20.7. The van der Waals surface area contributed by atoms with Crippen LogP contribution in [0.3, 0.4) is 0 Å². The summed E-state index contributed by atoms with van der Waals surface area (Å²) in [6.07, 6.45) is -0.915. The number of benzene rings is 3. The van der Waals surface area contributed by atoms with Gasteiger partial charge in [-0.1, -0.05) is 53.8 Å². The third-order valence-corrected chi connectivity index (χ3v) is 7.56. The van der Waals surface area contributed by atoms with Gasteiger partial charge in [-0.2, -0.15) is 13.2 Å². The van der Waals surface area contributed by atoms with Gasteiger partial charge in [-0.05, 0) is 47.7 Å². The summed E-state index contributed by atoms with van der Waals surface area (Å²) < 4.78 is 40.1. The molecule has 0 bridgehead atoms. The van der Waals surface area contributed by atoms with Crippen LogP contribution >= 0.6 is 11.3 Å². The molecule has 0 radical (unpaired) electrons. The van der Waals surface area contributed by atoms with Gasteiger partial charge in [-0.25, -0.2) is 0 Å². The Morgan fingerprint density at radius 3 is 2.40 bits per heavy atom. The minimum atomic E-state index is -4.49. The Balaban J connectivity index is 1.28. The number of hydrogen-bond acceptors (Lipinski definition) is 7. The van der Waals surface area contributed by atoms with Crippen molar-refractivity contribution in [3.8, 4) is 10.6 Å². The SMILES string of the molecule is O=C1c2ccccc2C(=O)N1C[C@H](Cc1cccc(C(F)(F)F)c1)Nc1nnc(-c2ccc3cnccc3c2)s1. The summed E-state index contributed by atoms with van der Waals surface area (Å²) in [7, 11) is 0. The van der Waals surface area contributed by atoms with Gasteiger partial charge in [0.2, 0.25) is 5.13 Å². The summed E-state index contributed by atoms with van der Waals surface area (Å²) in [6, 6.07) is 18.6. The van der Waals surface area contributed by atoms with E-state index < -0.39 is 29.6 Å². The first kappa shape index (κ1) is 25.6. The Kier molecular flexibility index (Phi) is 6.51. The Hall–Kier alpha value is -4.64. The highest BCUT2D eigenvalue weighted by Gasteiger charge is 2.37. The van der Waals surface area contributed by atoms with Gasteiger partial charge in [0.1, 0.15) is 5.01 Å². The first-order valence-corrected chi connectivity index (χ1v) is 13.1. The lowest BCUT2D eigenvalue weighted by Gasteiger charge is -2.23. The molecule has 40 heavy (non-hydrogen) atoms. The van der Waals surface area contributed by atoms with Crippen molar-refractivity contribution in [2.24, 2.45) is 0 Å². The quantitative estimate of drug-likeness (QED) is 0.243. The van der Waals surface area contributed by atoms with Crippen molar-refractivity contribution in [2.45, 2.75) is 18.6 Å². The number of fused-ring (bicyclic) bond motifs is 2. The van der Waals surface area contributed by atoms with Crippen molar-refractivity contribution in [1.82, 2.24) is 20.1 Å². The van der Waals surface area contributed by atoms with Gasteiger partial charge >= 0.3 is 6.18 Å². The second-order valence-electron chi connectivity index (χ2n) is 9.36. The molecule has 1 aliphatic rings. The van der Waals surface area contributed by atoms with Gasteiger partial charge in [0.05, 0.1) is 22.7 Å². The van der Waals surface area contributed by atoms with Crippen molar-refractivity contribution in [2.75, 3.05) is 11.9 Å². The zero-order valence-corrected chi connectivity index (χ0v) is 21.5. The van der Waals surface area contributed by atoms with Gasteiger partial charge in [0, 0.05) is 29.9 Å². The monoisotopic (exact) mass is 559 g/mol. The molecular weight excluding hydrogens is 539 g/mol. The van der Waals surface area contributed by atoms with Crippen LogP contribution in [0, 0.1) is 0 Å². The van der Waals surface area contributed by atoms with Crippen molar-refractivity contribution in [3.63, 3.8) is 0 Å². The normalized spacial score (nSPS) is 14.0. The molecule has 0 fully saturated rings. The van der Waals surface area contributed by atoms with Gasteiger partial charge in [0.25, 0.3) is 11.8 Å². The van der Waals surface area contributed by atoms with Crippen LogP contribution in [0.15, 0.2) is 85.2 Å². The average Bonchev–Trinajstić information content (AvgIpc) is 3.51. The van der Waals surface area contributed by atoms with Crippen LogP contribution in [-0.4, -0.2) is 44.5 Å². The fourth-order valence-electron chi connectivity index (χ4n) is 4.73. The molecule has 2 amide bonds. The maximum Gasteiger partial charge on any atom is 0.416 e. The number of anilines is 1. The average molecular weight is 560 g/mol. The van der Waals surface area contributed by atoms with Crippen LogP contribution in [-0.2, 0) is 12.6 Å². The van der Waals surface area contributed by atoms with Crippen LogP contribution in [0.4, 0.5) is 18.3 Å². The molecule has 0 unspecified atom stereocenters. The molecule has 1 aliphatic heterocycles. The van der Waals surface area contributed by atoms with Crippen molar-refractivity contribution in [3.05, 3.63) is 107 Å². The number of amides is 2. The lowest BCUT2D eigenvalue weighted by molar-refractivity contribution is -0.137. The fraction of sp³-hybridized carbons (Fsp3) is 0.138. The predicted octanol–water partition coefficient (Wildman–Crippen LogP) is 6.09. The first-order chi connectivity index (χ1) is 19.3. The van der Waals surface area contributed by atoms with Gasteiger partial charge in [-0.15, -0.1) is 10.2 Å². The van der Waals surface area contributed by atoms with E-state index in [2.05, 4.69) is 20.5 Å². The van der Waals surface area contributed by atoms with E-state index in [1.165, 1.54) is 17.4 Å². The molecule has 3 aromatic carbocycles. The lowest BCUT2D eigenvalue weighted by Crippen LogP contribution is -2.41. The van der Waals surface area contributed by atoms with Gasteiger partial charge in [-0.3, -0.25) is 19.5 Å². The second-order valence-corrected chi connectivity index (χ2v) is 10.3. The van der Waals surface area contributed by atoms with Crippen LogP contribution in [0.25, 0.3) is 21.3 Å². The molecule has 11 heteroatoms. The van der Waals surface area contributed by atoms with Crippen molar-refractivity contribution < 1.29 is 22.8 Å². The number of nitrogens with zero attached hydrogens (tertiary/aromatic N) is 4. The maximum absolute atomic E-state index is 13.4. The Bertz CT molecular complexity index is 1720. The maximum atomic E-state index is 13.4. The van der Waals surface area contributed by atoms with Crippen LogP contribution < -0.4 is 5.32 Å². The van der Waals surface area contributed by atoms with Gasteiger partial charge in [0.15, 0.2) is 0 Å². The fourth-order valence-corrected chi connectivity index (χ4v) is 5.55. The van der Waals surface area contributed by atoms with E-state index in [4.69, 9.17) is 0 Å². The van der Waals surface area contributed by atoms with Crippen molar-refractivity contribution >= 4 is 39.1 Å². The highest BCUT2D eigenvalue weighted by Crippen LogP contribution is 2.32. The second kappa shape index (κ2) is 10.2. The molecule has 5 aromatic rings. The molecule has 6 rings (SSSR count). The molecule has 1 N–H and O–H groups in total. The molecule has 7 nitrogen and oxygen atoms in total. The number of imide groups is 1. The Labute approximate surface area is 230 Å². The molecule has 0 spiro atoms. The van der Waals surface area contributed by atoms with Crippen LogP contribution in [0.5, 0.6) is 0 Å². The Morgan fingerprint density at radius 2 is 1.65 bits per heavy atom. The van der Waals surface area contributed by atoms with E-state index in [9.17, 15) is 22.8 Å². The lowest BCUT2D eigenvalue weighted by atomic mass is 10.0. The molecule has 1 atom stereocenters. The minimum Gasteiger partial charge on any atom is -0.355 e. The minimum absolute atomic E-state index is 0.0690. The molecule has 3 heterocycles. The summed E-state index contributed by atoms with van der Waals surface area (Å²) in [5.74, 6) is -0.889. The number of nitrogens with one attached hydrogen (secondary N) is 1. The molecular formula is C29H20F3N5O2S. The number of halogens is 3. The van der Waals surface area contributed by atoms with E-state index >= 15 is 0 Å². The summed E-state index contributed by atoms with van der Waals surface area (Å²) >= 11 is 1.27. The highest BCUT2D eigenvalue weighted by molar-refractivity contribution is 7.18. The van der Waals surface area contributed by atoms with E-state index in [0.717, 1.165) is 33.4 Å².